The Balaban J connectivity index is 2.08. The van der Waals surface area contributed by atoms with E-state index in [1.807, 2.05) is 0 Å². The molecule has 2 rings (SSSR count). The monoisotopic (exact) mass is 374 g/mol. The van der Waals surface area contributed by atoms with Crippen LogP contribution in [-0.4, -0.2) is 17.4 Å². The Bertz CT molecular complexity index is 812. The third-order valence-corrected chi connectivity index (χ3v) is 3.32. The second kappa shape index (κ2) is 7.39. The molecule has 0 atom stereocenters. The molecule has 1 N–H and O–H groups in total. The van der Waals surface area contributed by atoms with Crippen molar-refractivity contribution in [2.45, 2.75) is 6.18 Å². The van der Waals surface area contributed by atoms with Gasteiger partial charge in [-0.05, 0) is 24.3 Å². The number of carbonyl (C=O) groups is 1. The lowest BCUT2D eigenvalue weighted by atomic mass is 10.2. The summed E-state index contributed by atoms with van der Waals surface area (Å²) in [5.74, 6) is -0.961. The fraction of sp³-hybridized carbons (Fsp3) is 0.133. The summed E-state index contributed by atoms with van der Waals surface area (Å²) in [5, 5.41) is 12.9. The maximum Gasteiger partial charge on any atom is 0.416 e. The summed E-state index contributed by atoms with van der Waals surface area (Å²) in [6, 6.07) is 7.85. The van der Waals surface area contributed by atoms with Gasteiger partial charge < -0.3 is 10.1 Å². The molecule has 0 spiro atoms. The lowest BCUT2D eigenvalue weighted by Crippen LogP contribution is -2.21. The number of amides is 1. The SMILES string of the molecule is O=C(COc1ccccc1[N+](=O)[O-])Nc1cc(C(F)(F)F)ccc1Cl. The number of carbonyl (C=O) groups excluding carboxylic acids is 1. The quantitative estimate of drug-likeness (QED) is 0.625. The van der Waals surface area contributed by atoms with Crippen LogP contribution in [0.3, 0.4) is 0 Å². The molecule has 0 aliphatic rings. The molecule has 0 fully saturated rings. The van der Waals surface area contributed by atoms with Crippen molar-refractivity contribution >= 4 is 28.9 Å². The van der Waals surface area contributed by atoms with Gasteiger partial charge in [0.1, 0.15) is 0 Å². The number of nitro benzene ring substituents is 1. The number of hydrogen-bond donors (Lipinski definition) is 1. The van der Waals surface area contributed by atoms with Crippen LogP contribution in [0.15, 0.2) is 42.5 Å². The van der Waals surface area contributed by atoms with E-state index in [2.05, 4.69) is 5.32 Å². The highest BCUT2D eigenvalue weighted by Gasteiger charge is 2.31. The maximum absolute atomic E-state index is 12.7. The first-order valence-electron chi connectivity index (χ1n) is 6.71. The first-order valence-corrected chi connectivity index (χ1v) is 7.09. The molecule has 0 heterocycles. The lowest BCUT2D eigenvalue weighted by Gasteiger charge is -2.12. The third kappa shape index (κ3) is 4.83. The summed E-state index contributed by atoms with van der Waals surface area (Å²) in [6.07, 6.45) is -4.59. The summed E-state index contributed by atoms with van der Waals surface area (Å²) in [7, 11) is 0. The van der Waals surface area contributed by atoms with Gasteiger partial charge in [-0.25, -0.2) is 0 Å². The highest BCUT2D eigenvalue weighted by Crippen LogP contribution is 2.33. The predicted molar refractivity (Wildman–Crippen MR) is 83.7 cm³/mol. The number of nitro groups is 1. The van der Waals surface area contributed by atoms with Crippen LogP contribution < -0.4 is 10.1 Å². The molecule has 0 aliphatic carbocycles. The summed E-state index contributed by atoms with van der Waals surface area (Å²) < 4.78 is 43.1. The number of benzene rings is 2. The fourth-order valence-corrected chi connectivity index (χ4v) is 2.02. The Morgan fingerprint density at radius 2 is 1.92 bits per heavy atom. The van der Waals surface area contributed by atoms with Crippen molar-refractivity contribution in [3.05, 3.63) is 63.2 Å². The minimum absolute atomic E-state index is 0.0907. The van der Waals surface area contributed by atoms with Crippen molar-refractivity contribution in [2.75, 3.05) is 11.9 Å². The van der Waals surface area contributed by atoms with Crippen molar-refractivity contribution in [1.82, 2.24) is 0 Å². The number of para-hydroxylation sites is 2. The van der Waals surface area contributed by atoms with E-state index in [0.717, 1.165) is 12.1 Å². The van der Waals surface area contributed by atoms with E-state index in [9.17, 15) is 28.1 Å². The average molecular weight is 375 g/mol. The van der Waals surface area contributed by atoms with Gasteiger partial charge in [0.15, 0.2) is 12.4 Å². The molecular weight excluding hydrogens is 365 g/mol. The standard InChI is InChI=1S/C15H10ClF3N2O4/c16-10-6-5-9(15(17,18)19)7-11(10)20-14(22)8-25-13-4-2-1-3-12(13)21(23)24/h1-7H,8H2,(H,20,22). The van der Waals surface area contributed by atoms with E-state index >= 15 is 0 Å². The Kier molecular flexibility index (Phi) is 5.48. The van der Waals surface area contributed by atoms with Crippen molar-refractivity contribution in [3.63, 3.8) is 0 Å². The van der Waals surface area contributed by atoms with Crippen molar-refractivity contribution in [1.29, 1.82) is 0 Å². The van der Waals surface area contributed by atoms with Gasteiger partial charge in [0.25, 0.3) is 5.91 Å². The molecule has 0 unspecified atom stereocenters. The minimum Gasteiger partial charge on any atom is -0.477 e. The van der Waals surface area contributed by atoms with E-state index in [1.165, 1.54) is 24.3 Å². The first-order chi connectivity index (χ1) is 11.7. The molecule has 2 aromatic rings. The smallest absolute Gasteiger partial charge is 0.416 e. The predicted octanol–water partition coefficient (Wildman–Crippen LogP) is 4.28. The number of halogens is 4. The Morgan fingerprint density at radius 3 is 2.56 bits per heavy atom. The molecule has 2 aromatic carbocycles. The fourth-order valence-electron chi connectivity index (χ4n) is 1.86. The van der Waals surface area contributed by atoms with Gasteiger partial charge in [0.05, 0.1) is 21.2 Å². The second-order valence-electron chi connectivity index (χ2n) is 4.75. The lowest BCUT2D eigenvalue weighted by molar-refractivity contribution is -0.385. The number of hydrogen-bond acceptors (Lipinski definition) is 4. The molecular formula is C15H10ClF3N2O4. The van der Waals surface area contributed by atoms with E-state index < -0.39 is 29.2 Å². The summed E-state index contributed by atoms with van der Waals surface area (Å²) in [4.78, 5) is 22.0. The highest BCUT2D eigenvalue weighted by atomic mass is 35.5. The highest BCUT2D eigenvalue weighted by molar-refractivity contribution is 6.33. The van der Waals surface area contributed by atoms with Crippen molar-refractivity contribution in [3.8, 4) is 5.75 Å². The molecule has 1 amide bonds. The first kappa shape index (κ1) is 18.5. The number of alkyl halides is 3. The second-order valence-corrected chi connectivity index (χ2v) is 5.16. The van der Waals surface area contributed by atoms with Crippen LogP contribution in [-0.2, 0) is 11.0 Å². The van der Waals surface area contributed by atoms with Gasteiger partial charge >= 0.3 is 11.9 Å². The van der Waals surface area contributed by atoms with Crippen LogP contribution >= 0.6 is 11.6 Å². The zero-order valence-electron chi connectivity index (χ0n) is 12.3. The topological polar surface area (TPSA) is 81.5 Å². The third-order valence-electron chi connectivity index (χ3n) is 2.99. The van der Waals surface area contributed by atoms with Crippen molar-refractivity contribution < 1.29 is 27.6 Å². The van der Waals surface area contributed by atoms with Gasteiger partial charge in [0, 0.05) is 6.07 Å². The van der Waals surface area contributed by atoms with E-state index in [-0.39, 0.29) is 22.1 Å². The van der Waals surface area contributed by atoms with Crippen LogP contribution in [0.25, 0.3) is 0 Å². The molecule has 0 radical (unpaired) electrons. The molecule has 0 saturated carbocycles. The molecule has 25 heavy (non-hydrogen) atoms. The molecule has 0 aromatic heterocycles. The van der Waals surface area contributed by atoms with Gasteiger partial charge in [-0.15, -0.1) is 0 Å². The largest absolute Gasteiger partial charge is 0.477 e. The molecule has 132 valence electrons. The zero-order valence-corrected chi connectivity index (χ0v) is 13.1. The van der Waals surface area contributed by atoms with Gasteiger partial charge in [0.2, 0.25) is 0 Å². The Labute approximate surface area is 144 Å². The van der Waals surface area contributed by atoms with Crippen LogP contribution in [0, 0.1) is 10.1 Å². The number of nitrogens with zero attached hydrogens (tertiary/aromatic N) is 1. The van der Waals surface area contributed by atoms with Gasteiger partial charge in [-0.2, -0.15) is 13.2 Å². The van der Waals surface area contributed by atoms with Crippen LogP contribution in [0.2, 0.25) is 5.02 Å². The molecule has 0 aliphatic heterocycles. The molecule has 0 saturated heterocycles. The number of rotatable bonds is 5. The summed E-state index contributed by atoms with van der Waals surface area (Å²) in [6.45, 7) is -0.641. The number of nitrogens with one attached hydrogen (secondary N) is 1. The molecule has 6 nitrogen and oxygen atoms in total. The summed E-state index contributed by atoms with van der Waals surface area (Å²) >= 11 is 5.76. The Hall–Kier alpha value is -2.81. The minimum atomic E-state index is -4.59. The van der Waals surface area contributed by atoms with Crippen LogP contribution in [0.1, 0.15) is 5.56 Å². The van der Waals surface area contributed by atoms with Gasteiger partial charge in [-0.1, -0.05) is 23.7 Å². The van der Waals surface area contributed by atoms with E-state index in [1.54, 1.807) is 0 Å². The van der Waals surface area contributed by atoms with E-state index in [4.69, 9.17) is 16.3 Å². The number of ether oxygens (including phenoxy) is 1. The summed E-state index contributed by atoms with van der Waals surface area (Å²) in [5.41, 5.74) is -1.56. The van der Waals surface area contributed by atoms with E-state index in [0.29, 0.717) is 6.07 Å². The number of anilines is 1. The Morgan fingerprint density at radius 1 is 1.24 bits per heavy atom. The van der Waals surface area contributed by atoms with Crippen molar-refractivity contribution in [2.24, 2.45) is 0 Å². The molecule has 10 heteroatoms. The molecule has 0 bridgehead atoms. The maximum atomic E-state index is 12.7. The van der Waals surface area contributed by atoms with Crippen LogP contribution in [0.4, 0.5) is 24.5 Å². The van der Waals surface area contributed by atoms with Crippen LogP contribution in [0.5, 0.6) is 5.75 Å². The van der Waals surface area contributed by atoms with Gasteiger partial charge in [-0.3, -0.25) is 14.9 Å². The normalized spacial score (nSPS) is 11.0. The average Bonchev–Trinajstić information content (AvgIpc) is 2.54. The zero-order chi connectivity index (χ0) is 18.6.